The Balaban J connectivity index is 1.61. The third kappa shape index (κ3) is 3.41. The van der Waals surface area contributed by atoms with Crippen LogP contribution >= 0.6 is 0 Å². The summed E-state index contributed by atoms with van der Waals surface area (Å²) in [6.07, 6.45) is -0.259. The highest BCUT2D eigenvalue weighted by Crippen LogP contribution is 2.26. The van der Waals surface area contributed by atoms with Crippen LogP contribution in [0.1, 0.15) is 36.7 Å². The van der Waals surface area contributed by atoms with Crippen LogP contribution < -0.4 is 4.90 Å². The maximum atomic E-state index is 12.1. The quantitative estimate of drug-likeness (QED) is 0.744. The first kappa shape index (κ1) is 15.6. The molecule has 1 amide bonds. The molecule has 1 aromatic rings. The Morgan fingerprint density at radius 2 is 1.87 bits per heavy atom. The number of piperazine rings is 1. The summed E-state index contributed by atoms with van der Waals surface area (Å²) in [5, 5.41) is 0. The van der Waals surface area contributed by atoms with Crippen LogP contribution in [0.3, 0.4) is 0 Å². The van der Waals surface area contributed by atoms with E-state index < -0.39 is 5.60 Å². The highest BCUT2D eigenvalue weighted by molar-refractivity contribution is 5.93. The zero-order chi connectivity index (χ0) is 16.6. The number of amides is 1. The number of anilines is 1. The Kier molecular flexibility index (Phi) is 3.92. The van der Waals surface area contributed by atoms with Gasteiger partial charge in [-0.1, -0.05) is 0 Å². The Hall–Kier alpha value is -2.24. The molecule has 0 atom stereocenters. The van der Waals surface area contributed by atoms with E-state index >= 15 is 0 Å². The lowest BCUT2D eigenvalue weighted by atomic mass is 10.1. The van der Waals surface area contributed by atoms with Gasteiger partial charge in [0.2, 0.25) is 0 Å². The number of hydrogen-bond acceptors (Lipinski definition) is 5. The van der Waals surface area contributed by atoms with Gasteiger partial charge >= 0.3 is 12.1 Å². The van der Waals surface area contributed by atoms with Crippen LogP contribution in [-0.2, 0) is 16.1 Å². The molecule has 0 aromatic heterocycles. The topological polar surface area (TPSA) is 59.1 Å². The van der Waals surface area contributed by atoms with Crippen molar-refractivity contribution in [1.82, 2.24) is 4.90 Å². The molecule has 23 heavy (non-hydrogen) atoms. The molecule has 0 spiro atoms. The van der Waals surface area contributed by atoms with Gasteiger partial charge in [-0.25, -0.2) is 9.59 Å². The van der Waals surface area contributed by atoms with Crippen molar-refractivity contribution in [2.24, 2.45) is 0 Å². The van der Waals surface area contributed by atoms with Gasteiger partial charge in [0.15, 0.2) is 0 Å². The Bertz CT molecular complexity index is 628. The summed E-state index contributed by atoms with van der Waals surface area (Å²) in [7, 11) is 0. The van der Waals surface area contributed by atoms with E-state index in [1.165, 1.54) is 0 Å². The minimum atomic E-state index is -0.471. The normalized spacial score (nSPS) is 17.8. The molecular formula is C17H22N2O4. The van der Waals surface area contributed by atoms with Crippen molar-refractivity contribution in [3.8, 4) is 0 Å². The molecule has 0 radical (unpaired) electrons. The molecule has 2 aliphatic heterocycles. The lowest BCUT2D eigenvalue weighted by Crippen LogP contribution is -2.50. The highest BCUT2D eigenvalue weighted by Gasteiger charge is 2.27. The molecule has 0 N–H and O–H groups in total. The van der Waals surface area contributed by atoms with Crippen molar-refractivity contribution in [2.45, 2.75) is 33.0 Å². The maximum absolute atomic E-state index is 12.1. The van der Waals surface area contributed by atoms with E-state index in [9.17, 15) is 9.59 Å². The summed E-state index contributed by atoms with van der Waals surface area (Å²) < 4.78 is 10.4. The maximum Gasteiger partial charge on any atom is 0.410 e. The van der Waals surface area contributed by atoms with Gasteiger partial charge in [-0.2, -0.15) is 0 Å². The average Bonchev–Trinajstić information content (AvgIpc) is 2.87. The number of rotatable bonds is 1. The summed E-state index contributed by atoms with van der Waals surface area (Å²) in [5.74, 6) is -0.249. The zero-order valence-corrected chi connectivity index (χ0v) is 13.8. The van der Waals surface area contributed by atoms with Gasteiger partial charge in [0.25, 0.3) is 0 Å². The van der Waals surface area contributed by atoms with Gasteiger partial charge in [0.1, 0.15) is 12.2 Å². The summed E-state index contributed by atoms with van der Waals surface area (Å²) in [5.41, 5.74) is 2.18. The van der Waals surface area contributed by atoms with Crippen LogP contribution in [0.2, 0.25) is 0 Å². The largest absolute Gasteiger partial charge is 0.457 e. The first-order valence-electron chi connectivity index (χ1n) is 7.86. The highest BCUT2D eigenvalue weighted by atomic mass is 16.6. The lowest BCUT2D eigenvalue weighted by molar-refractivity contribution is 0.0240. The molecule has 1 aromatic carbocycles. The van der Waals surface area contributed by atoms with Gasteiger partial charge in [0, 0.05) is 37.4 Å². The second-order valence-corrected chi connectivity index (χ2v) is 6.87. The first-order chi connectivity index (χ1) is 10.8. The van der Waals surface area contributed by atoms with E-state index in [1.807, 2.05) is 39.0 Å². The van der Waals surface area contributed by atoms with Crippen LogP contribution in [0.5, 0.6) is 0 Å². The Morgan fingerprint density at radius 3 is 2.52 bits per heavy atom. The van der Waals surface area contributed by atoms with E-state index in [1.54, 1.807) is 4.90 Å². The monoisotopic (exact) mass is 318 g/mol. The minimum Gasteiger partial charge on any atom is -0.457 e. The van der Waals surface area contributed by atoms with Crippen LogP contribution in [0.25, 0.3) is 0 Å². The van der Waals surface area contributed by atoms with E-state index in [-0.39, 0.29) is 12.1 Å². The Morgan fingerprint density at radius 1 is 1.17 bits per heavy atom. The van der Waals surface area contributed by atoms with E-state index in [0.29, 0.717) is 25.3 Å². The summed E-state index contributed by atoms with van der Waals surface area (Å²) in [6, 6.07) is 5.76. The predicted molar refractivity (Wildman–Crippen MR) is 85.6 cm³/mol. The molecule has 0 saturated carbocycles. The first-order valence-corrected chi connectivity index (χ1v) is 7.86. The zero-order valence-electron chi connectivity index (χ0n) is 13.8. The molecule has 1 saturated heterocycles. The van der Waals surface area contributed by atoms with E-state index in [2.05, 4.69) is 4.90 Å². The predicted octanol–water partition coefficient (Wildman–Crippen LogP) is 2.41. The second kappa shape index (κ2) is 5.76. The number of nitrogens with zero attached hydrogens (tertiary/aromatic N) is 2. The van der Waals surface area contributed by atoms with Crippen LogP contribution in [0.15, 0.2) is 18.2 Å². The SMILES string of the molecule is CC(C)(C)OC(=O)N1CCN(c2ccc3c(c2)COC3=O)CC1. The molecule has 0 aliphatic carbocycles. The van der Waals surface area contributed by atoms with Crippen molar-refractivity contribution < 1.29 is 19.1 Å². The number of fused-ring (bicyclic) bond motifs is 1. The molecule has 124 valence electrons. The molecule has 6 heteroatoms. The third-order valence-corrected chi connectivity index (χ3v) is 3.96. The van der Waals surface area contributed by atoms with Crippen LogP contribution in [0, 0.1) is 0 Å². The average molecular weight is 318 g/mol. The molecule has 2 aliphatic rings. The van der Waals surface area contributed by atoms with Crippen molar-refractivity contribution in [3.63, 3.8) is 0 Å². The molecule has 0 bridgehead atoms. The van der Waals surface area contributed by atoms with Crippen molar-refractivity contribution in [3.05, 3.63) is 29.3 Å². The fourth-order valence-electron chi connectivity index (χ4n) is 2.79. The van der Waals surface area contributed by atoms with Crippen LogP contribution in [-0.4, -0.2) is 48.7 Å². The van der Waals surface area contributed by atoms with Gasteiger partial charge in [-0.3, -0.25) is 0 Å². The number of carbonyl (C=O) groups is 2. The minimum absolute atomic E-state index is 0.249. The summed E-state index contributed by atoms with van der Waals surface area (Å²) in [6.45, 7) is 8.70. The summed E-state index contributed by atoms with van der Waals surface area (Å²) in [4.78, 5) is 27.5. The van der Waals surface area contributed by atoms with E-state index in [4.69, 9.17) is 9.47 Å². The molecular weight excluding hydrogens is 296 g/mol. The second-order valence-electron chi connectivity index (χ2n) is 6.87. The standard InChI is InChI=1S/C17H22N2O4/c1-17(2,3)23-16(21)19-8-6-18(7-9-19)13-4-5-14-12(10-13)11-22-15(14)20/h4-5,10H,6-9,11H2,1-3H3. The summed E-state index contributed by atoms with van der Waals surface area (Å²) >= 11 is 0. The number of esters is 1. The van der Waals surface area contributed by atoms with Crippen molar-refractivity contribution in [1.29, 1.82) is 0 Å². The fourth-order valence-corrected chi connectivity index (χ4v) is 2.79. The van der Waals surface area contributed by atoms with Gasteiger partial charge in [0.05, 0.1) is 5.56 Å². The molecule has 0 unspecified atom stereocenters. The van der Waals surface area contributed by atoms with Crippen LogP contribution in [0.4, 0.5) is 10.5 Å². The van der Waals surface area contributed by atoms with Gasteiger partial charge < -0.3 is 19.3 Å². The van der Waals surface area contributed by atoms with Gasteiger partial charge in [-0.15, -0.1) is 0 Å². The fraction of sp³-hybridized carbons (Fsp3) is 0.529. The number of ether oxygens (including phenoxy) is 2. The Labute approximate surface area is 136 Å². The number of cyclic esters (lactones) is 1. The van der Waals surface area contributed by atoms with Crippen molar-refractivity contribution >= 4 is 17.7 Å². The number of benzene rings is 1. The van der Waals surface area contributed by atoms with Crippen molar-refractivity contribution in [2.75, 3.05) is 31.1 Å². The molecule has 2 heterocycles. The molecule has 3 rings (SSSR count). The smallest absolute Gasteiger partial charge is 0.410 e. The number of carbonyl (C=O) groups excluding carboxylic acids is 2. The third-order valence-electron chi connectivity index (χ3n) is 3.96. The number of hydrogen-bond donors (Lipinski definition) is 0. The molecule has 1 fully saturated rings. The van der Waals surface area contributed by atoms with E-state index in [0.717, 1.165) is 24.3 Å². The lowest BCUT2D eigenvalue weighted by Gasteiger charge is -2.36. The molecule has 6 nitrogen and oxygen atoms in total. The van der Waals surface area contributed by atoms with Gasteiger partial charge in [-0.05, 0) is 39.0 Å².